The number of hydrogen-bond donors (Lipinski definition) is 1. The first-order valence-corrected chi connectivity index (χ1v) is 6.54. The summed E-state index contributed by atoms with van der Waals surface area (Å²) >= 11 is 0. The van der Waals surface area contributed by atoms with Gasteiger partial charge >= 0.3 is 11.5 Å². The number of hydrogen-bond acceptors (Lipinski definition) is 8. The van der Waals surface area contributed by atoms with E-state index in [-0.39, 0.29) is 33.0 Å². The van der Waals surface area contributed by atoms with Gasteiger partial charge in [-0.1, -0.05) is 12.1 Å². The summed E-state index contributed by atoms with van der Waals surface area (Å²) in [4.78, 5) is 28.8. The molecule has 1 heterocycles. The first kappa shape index (κ1) is 16.0. The zero-order chi connectivity index (χ0) is 15.8. The Bertz CT molecular complexity index is 687. The molecule has 0 saturated carbocycles. The first-order chi connectivity index (χ1) is 10.7. The summed E-state index contributed by atoms with van der Waals surface area (Å²) in [6, 6.07) is 6.59. The van der Waals surface area contributed by atoms with E-state index < -0.39 is 11.5 Å². The number of fused-ring (bicyclic) bond motifs is 1. The second kappa shape index (κ2) is 8.17. The van der Waals surface area contributed by atoms with Crippen LogP contribution in [0.1, 0.15) is 0 Å². The van der Waals surface area contributed by atoms with Crippen LogP contribution >= 0.6 is 0 Å². The van der Waals surface area contributed by atoms with E-state index in [1.54, 1.807) is 24.3 Å². The minimum Gasteiger partial charge on any atom is -0.394 e. The van der Waals surface area contributed by atoms with E-state index in [9.17, 15) is 9.59 Å². The average Bonchev–Trinajstić information content (AvgIpc) is 2.54. The Kier molecular flexibility index (Phi) is 5.95. The first-order valence-electron chi connectivity index (χ1n) is 6.54. The summed E-state index contributed by atoms with van der Waals surface area (Å²) in [5.41, 5.74) is -0.165. The highest BCUT2D eigenvalue weighted by atomic mass is 16.7. The van der Waals surface area contributed by atoms with Crippen molar-refractivity contribution in [3.63, 3.8) is 0 Å². The fourth-order valence-electron chi connectivity index (χ4n) is 1.60. The van der Waals surface area contributed by atoms with Crippen molar-refractivity contribution < 1.29 is 24.2 Å². The monoisotopic (exact) mass is 309 g/mol. The number of ether oxygens (including phenoxy) is 2. The van der Waals surface area contributed by atoms with E-state index in [0.717, 1.165) is 0 Å². The summed E-state index contributed by atoms with van der Waals surface area (Å²) in [6.07, 6.45) is 0. The quantitative estimate of drug-likeness (QED) is 0.476. The number of aromatic nitrogens is 3. The lowest BCUT2D eigenvalue weighted by molar-refractivity contribution is -0.152. The summed E-state index contributed by atoms with van der Waals surface area (Å²) in [5.74, 6) is -0.783. The van der Waals surface area contributed by atoms with Crippen molar-refractivity contribution in [1.82, 2.24) is 15.2 Å². The molecule has 0 aliphatic rings. The van der Waals surface area contributed by atoms with Crippen LogP contribution in [-0.2, 0) is 14.3 Å². The van der Waals surface area contributed by atoms with Crippen molar-refractivity contribution in [1.29, 1.82) is 0 Å². The molecule has 0 saturated heterocycles. The molecule has 0 spiro atoms. The molecule has 2 aromatic rings. The fourth-order valence-corrected chi connectivity index (χ4v) is 1.60. The van der Waals surface area contributed by atoms with E-state index in [1.807, 2.05) is 0 Å². The Morgan fingerprint density at radius 1 is 1.18 bits per heavy atom. The van der Waals surface area contributed by atoms with Crippen LogP contribution in [0.15, 0.2) is 29.1 Å². The van der Waals surface area contributed by atoms with Gasteiger partial charge in [0, 0.05) is 0 Å². The number of nitrogens with zero attached hydrogens (tertiary/aromatic N) is 3. The molecule has 0 amide bonds. The largest absolute Gasteiger partial charge is 0.394 e. The van der Waals surface area contributed by atoms with E-state index in [1.165, 1.54) is 0 Å². The van der Waals surface area contributed by atoms with Crippen molar-refractivity contribution in [3.8, 4) is 0 Å². The van der Waals surface area contributed by atoms with Gasteiger partial charge in [-0.2, -0.15) is 0 Å². The van der Waals surface area contributed by atoms with Crippen LogP contribution in [0.2, 0.25) is 0 Å². The van der Waals surface area contributed by atoms with Gasteiger partial charge < -0.3 is 19.4 Å². The van der Waals surface area contributed by atoms with E-state index in [0.29, 0.717) is 15.7 Å². The molecule has 0 fully saturated rings. The third-order valence-electron chi connectivity index (χ3n) is 2.56. The third kappa shape index (κ3) is 4.32. The highest BCUT2D eigenvalue weighted by molar-refractivity contribution is 5.76. The van der Waals surface area contributed by atoms with Gasteiger partial charge in [0.1, 0.15) is 12.1 Å². The molecule has 1 aromatic heterocycles. The lowest BCUT2D eigenvalue weighted by atomic mass is 10.2. The Hall–Kier alpha value is -2.36. The van der Waals surface area contributed by atoms with Crippen LogP contribution in [0.25, 0.3) is 10.9 Å². The van der Waals surface area contributed by atoms with Crippen LogP contribution in [-0.4, -0.2) is 59.3 Å². The van der Waals surface area contributed by atoms with Gasteiger partial charge in [-0.3, -0.25) is 4.79 Å². The molecule has 1 N–H and O–H groups in total. The average molecular weight is 309 g/mol. The molecule has 0 aliphatic carbocycles. The number of aliphatic hydroxyl groups excluding tert-OH is 1. The summed E-state index contributed by atoms with van der Waals surface area (Å²) in [5, 5.41) is 16.1. The van der Waals surface area contributed by atoms with Crippen molar-refractivity contribution in [3.05, 3.63) is 34.6 Å². The molecule has 9 nitrogen and oxygen atoms in total. The summed E-state index contributed by atoms with van der Waals surface area (Å²) in [7, 11) is 0. The molecule has 118 valence electrons. The maximum absolute atomic E-state index is 12.0. The predicted molar refractivity (Wildman–Crippen MR) is 74.1 cm³/mol. The molecule has 0 unspecified atom stereocenters. The minimum absolute atomic E-state index is 0.0778. The predicted octanol–water partition coefficient (Wildman–Crippen LogP) is -1.23. The van der Waals surface area contributed by atoms with E-state index in [2.05, 4.69) is 10.3 Å². The second-order valence-electron chi connectivity index (χ2n) is 4.14. The van der Waals surface area contributed by atoms with Gasteiger partial charge in [0.05, 0.1) is 31.8 Å². The Labute approximate surface area is 125 Å². The molecule has 22 heavy (non-hydrogen) atoms. The zero-order valence-corrected chi connectivity index (χ0v) is 11.7. The van der Waals surface area contributed by atoms with Gasteiger partial charge in [-0.05, 0) is 22.2 Å². The maximum Gasteiger partial charge on any atom is 0.360 e. The van der Waals surface area contributed by atoms with Crippen LogP contribution in [0.3, 0.4) is 0 Å². The molecular weight excluding hydrogens is 294 g/mol. The normalized spacial score (nSPS) is 10.8. The van der Waals surface area contributed by atoms with Gasteiger partial charge in [0.15, 0.2) is 0 Å². The standard InChI is InChI=1S/C13H15N3O6/c17-5-6-20-7-8-21-9-12(18)22-16-13(19)10-3-1-2-4-11(10)14-15-16/h1-4,17H,5-9H2. The molecule has 9 heteroatoms. The zero-order valence-electron chi connectivity index (χ0n) is 11.7. The summed E-state index contributed by atoms with van der Waals surface area (Å²) < 4.78 is 9.94. The molecule has 0 atom stereocenters. The van der Waals surface area contributed by atoms with Crippen molar-refractivity contribution in [2.45, 2.75) is 0 Å². The highest BCUT2D eigenvalue weighted by Gasteiger charge is 2.10. The van der Waals surface area contributed by atoms with Gasteiger partial charge in [0.25, 0.3) is 0 Å². The Morgan fingerprint density at radius 3 is 2.77 bits per heavy atom. The third-order valence-corrected chi connectivity index (χ3v) is 2.56. The van der Waals surface area contributed by atoms with Crippen LogP contribution in [0, 0.1) is 0 Å². The molecule has 0 aliphatic heterocycles. The van der Waals surface area contributed by atoms with Crippen LogP contribution in [0.5, 0.6) is 0 Å². The van der Waals surface area contributed by atoms with Gasteiger partial charge in [-0.15, -0.1) is 5.10 Å². The topological polar surface area (TPSA) is 113 Å². The number of carbonyl (C=O) groups is 1. The SMILES string of the molecule is O=C(COCCOCCO)On1nnc2ccccc2c1=O. The minimum atomic E-state index is -0.783. The molecule has 1 aromatic carbocycles. The summed E-state index contributed by atoms with van der Waals surface area (Å²) in [6.45, 7) is 0.169. The number of carbonyl (C=O) groups excluding carboxylic acids is 1. The van der Waals surface area contributed by atoms with E-state index in [4.69, 9.17) is 19.4 Å². The molecule has 0 bridgehead atoms. The fraction of sp³-hybridized carbons (Fsp3) is 0.385. The van der Waals surface area contributed by atoms with Crippen molar-refractivity contribution >= 4 is 16.9 Å². The number of aliphatic hydroxyl groups is 1. The Morgan fingerprint density at radius 2 is 1.95 bits per heavy atom. The lowest BCUT2D eigenvalue weighted by Crippen LogP contribution is -2.35. The smallest absolute Gasteiger partial charge is 0.360 e. The molecular formula is C13H15N3O6. The second-order valence-corrected chi connectivity index (χ2v) is 4.14. The molecule has 2 rings (SSSR count). The van der Waals surface area contributed by atoms with Crippen molar-refractivity contribution in [2.24, 2.45) is 0 Å². The van der Waals surface area contributed by atoms with Crippen LogP contribution in [0.4, 0.5) is 0 Å². The number of benzene rings is 1. The number of rotatable bonds is 8. The van der Waals surface area contributed by atoms with Gasteiger partial charge in [0.2, 0.25) is 0 Å². The van der Waals surface area contributed by atoms with E-state index >= 15 is 0 Å². The van der Waals surface area contributed by atoms with Gasteiger partial charge in [-0.25, -0.2) is 4.79 Å². The van der Waals surface area contributed by atoms with Crippen molar-refractivity contribution in [2.75, 3.05) is 33.0 Å². The maximum atomic E-state index is 12.0. The van der Waals surface area contributed by atoms with Crippen LogP contribution < -0.4 is 10.4 Å². The Balaban J connectivity index is 1.87. The molecule has 0 radical (unpaired) electrons. The lowest BCUT2D eigenvalue weighted by Gasteiger charge is -2.06. The highest BCUT2D eigenvalue weighted by Crippen LogP contribution is 2.02.